The van der Waals surface area contributed by atoms with Gasteiger partial charge in [0.2, 0.25) is 0 Å². The maximum atomic E-state index is 14.7. The third-order valence-corrected chi connectivity index (χ3v) is 6.68. The molecule has 29 heavy (non-hydrogen) atoms. The Balaban J connectivity index is 1.60. The third-order valence-electron chi connectivity index (χ3n) is 6.47. The Morgan fingerprint density at radius 3 is 2.52 bits per heavy atom. The summed E-state index contributed by atoms with van der Waals surface area (Å²) in [6, 6.07) is 6.45. The first-order chi connectivity index (χ1) is 14.1. The Bertz CT molecular complexity index is 906. The molecule has 1 aliphatic carbocycles. The topological polar surface area (TPSA) is 33.3 Å². The average Bonchev–Trinajstić information content (AvgIpc) is 3.07. The predicted octanol–water partition coefficient (Wildman–Crippen LogP) is 5.87. The van der Waals surface area contributed by atoms with Crippen molar-refractivity contribution >= 4 is 17.3 Å². The zero-order valence-electron chi connectivity index (χ0n) is 16.2. The molecular weight excluding hydrogens is 394 g/mol. The van der Waals surface area contributed by atoms with Crippen molar-refractivity contribution in [3.05, 3.63) is 46.5 Å². The zero-order chi connectivity index (χ0) is 20.0. The molecule has 0 radical (unpaired) electrons. The maximum absolute atomic E-state index is 14.7. The first-order valence-electron chi connectivity index (χ1n) is 10.6. The van der Waals surface area contributed by atoms with Crippen molar-refractivity contribution in [1.82, 2.24) is 5.32 Å². The van der Waals surface area contributed by atoms with E-state index in [1.165, 1.54) is 31.4 Å². The van der Waals surface area contributed by atoms with Crippen molar-refractivity contribution in [2.45, 2.75) is 56.6 Å². The highest BCUT2D eigenvalue weighted by Crippen LogP contribution is 2.48. The van der Waals surface area contributed by atoms with E-state index in [-0.39, 0.29) is 22.6 Å². The monoisotopic (exact) mass is 418 g/mol. The van der Waals surface area contributed by atoms with Crippen molar-refractivity contribution in [2.75, 3.05) is 18.4 Å². The van der Waals surface area contributed by atoms with Gasteiger partial charge in [-0.05, 0) is 55.6 Å². The van der Waals surface area contributed by atoms with Gasteiger partial charge in [-0.1, -0.05) is 30.9 Å². The lowest BCUT2D eigenvalue weighted by Crippen LogP contribution is -2.37. The third kappa shape index (κ3) is 3.59. The summed E-state index contributed by atoms with van der Waals surface area (Å²) < 4.78 is 35.7. The van der Waals surface area contributed by atoms with Crippen molar-refractivity contribution in [3.63, 3.8) is 0 Å². The molecule has 1 saturated heterocycles. The van der Waals surface area contributed by atoms with Gasteiger partial charge < -0.3 is 15.4 Å². The predicted molar refractivity (Wildman–Crippen MR) is 112 cm³/mol. The molecule has 2 N–H and O–H groups in total. The van der Waals surface area contributed by atoms with Gasteiger partial charge in [-0.25, -0.2) is 8.78 Å². The van der Waals surface area contributed by atoms with Crippen LogP contribution in [0.3, 0.4) is 0 Å². The second-order valence-corrected chi connectivity index (χ2v) is 8.86. The van der Waals surface area contributed by atoms with Crippen molar-refractivity contribution in [2.24, 2.45) is 0 Å². The largest absolute Gasteiger partial charge is 0.487 e. The van der Waals surface area contributed by atoms with Crippen LogP contribution in [0.5, 0.6) is 5.75 Å². The van der Waals surface area contributed by atoms with Crippen LogP contribution in [0.4, 0.5) is 14.5 Å². The highest BCUT2D eigenvalue weighted by atomic mass is 35.5. The van der Waals surface area contributed by atoms with Gasteiger partial charge >= 0.3 is 0 Å². The number of fused-ring (bicyclic) bond motifs is 3. The van der Waals surface area contributed by atoms with Crippen molar-refractivity contribution < 1.29 is 13.5 Å². The molecule has 3 nitrogen and oxygen atoms in total. The van der Waals surface area contributed by atoms with Gasteiger partial charge in [0.25, 0.3) is 0 Å². The molecule has 2 fully saturated rings. The smallest absolute Gasteiger partial charge is 0.146 e. The quantitative estimate of drug-likeness (QED) is 0.654. The van der Waals surface area contributed by atoms with E-state index in [9.17, 15) is 8.78 Å². The lowest BCUT2D eigenvalue weighted by Gasteiger charge is -2.25. The number of rotatable bonds is 3. The summed E-state index contributed by atoms with van der Waals surface area (Å²) in [6.07, 6.45) is 6.94. The Hall–Kier alpha value is -1.85. The van der Waals surface area contributed by atoms with Gasteiger partial charge in [-0.2, -0.15) is 0 Å². The molecule has 154 valence electrons. The minimum Gasteiger partial charge on any atom is -0.487 e. The van der Waals surface area contributed by atoms with E-state index in [0.29, 0.717) is 11.6 Å². The fraction of sp³-hybridized carbons (Fsp3) is 0.478. The van der Waals surface area contributed by atoms with Gasteiger partial charge in [0, 0.05) is 29.1 Å². The van der Waals surface area contributed by atoms with Crippen LogP contribution in [0, 0.1) is 11.6 Å². The molecule has 5 rings (SSSR count). The molecule has 0 amide bonds. The van der Waals surface area contributed by atoms with E-state index in [0.717, 1.165) is 49.4 Å². The first-order valence-corrected chi connectivity index (χ1v) is 10.9. The Morgan fingerprint density at radius 1 is 1.00 bits per heavy atom. The molecule has 0 aromatic heterocycles. The number of piperidine rings is 1. The minimum atomic E-state index is -0.643. The molecule has 0 unspecified atom stereocenters. The molecule has 2 aromatic carbocycles. The average molecular weight is 419 g/mol. The summed E-state index contributed by atoms with van der Waals surface area (Å²) in [5, 5.41) is 7.12. The summed E-state index contributed by atoms with van der Waals surface area (Å²) >= 11 is 5.83. The maximum Gasteiger partial charge on any atom is 0.146 e. The van der Waals surface area contributed by atoms with Gasteiger partial charge in [-0.3, -0.25) is 0 Å². The SMILES string of the molecule is Fc1cc(Cl)cc(F)c1-c1cc(NC2CCCCC2)c2c(c1)[C@@H]1CNCC[C@@H]1O2. The normalized spacial score (nSPS) is 24.0. The number of hydrogen-bond donors (Lipinski definition) is 2. The van der Waals surface area contributed by atoms with Crippen LogP contribution >= 0.6 is 11.6 Å². The summed E-state index contributed by atoms with van der Waals surface area (Å²) in [7, 11) is 0. The number of ether oxygens (including phenoxy) is 1. The minimum absolute atomic E-state index is 0.0314. The van der Waals surface area contributed by atoms with E-state index in [2.05, 4.69) is 10.6 Å². The van der Waals surface area contributed by atoms with E-state index >= 15 is 0 Å². The van der Waals surface area contributed by atoms with E-state index in [4.69, 9.17) is 16.3 Å². The Kier molecular flexibility index (Phi) is 5.12. The van der Waals surface area contributed by atoms with Crippen molar-refractivity contribution in [1.29, 1.82) is 0 Å². The lowest BCUT2D eigenvalue weighted by atomic mass is 9.88. The Morgan fingerprint density at radius 2 is 1.76 bits per heavy atom. The number of nitrogens with one attached hydrogen (secondary N) is 2. The van der Waals surface area contributed by atoms with Crippen LogP contribution in [0.2, 0.25) is 5.02 Å². The van der Waals surface area contributed by atoms with Gasteiger partial charge in [0.05, 0.1) is 11.3 Å². The molecule has 1 saturated carbocycles. The molecule has 2 aromatic rings. The number of benzene rings is 2. The number of halogens is 3. The fourth-order valence-corrected chi connectivity index (χ4v) is 5.22. The van der Waals surface area contributed by atoms with Crippen LogP contribution in [0.25, 0.3) is 11.1 Å². The molecule has 0 spiro atoms. The summed E-state index contributed by atoms with van der Waals surface area (Å²) in [6.45, 7) is 1.74. The summed E-state index contributed by atoms with van der Waals surface area (Å²) in [5.74, 6) is -0.233. The lowest BCUT2D eigenvalue weighted by molar-refractivity contribution is 0.173. The second-order valence-electron chi connectivity index (χ2n) is 8.42. The molecule has 2 atom stereocenters. The highest BCUT2D eigenvalue weighted by molar-refractivity contribution is 6.30. The van der Waals surface area contributed by atoms with E-state index in [1.54, 1.807) is 0 Å². The van der Waals surface area contributed by atoms with Crippen LogP contribution in [-0.2, 0) is 0 Å². The van der Waals surface area contributed by atoms with Crippen LogP contribution < -0.4 is 15.4 Å². The molecule has 3 aliphatic rings. The molecular formula is C23H25ClF2N2O. The number of hydrogen-bond acceptors (Lipinski definition) is 3. The zero-order valence-corrected chi connectivity index (χ0v) is 17.0. The summed E-state index contributed by atoms with van der Waals surface area (Å²) in [4.78, 5) is 0. The molecule has 2 aliphatic heterocycles. The Labute approximate surface area is 174 Å². The first kappa shape index (κ1) is 19.1. The van der Waals surface area contributed by atoms with Gasteiger partial charge in [-0.15, -0.1) is 0 Å². The van der Waals surface area contributed by atoms with Crippen LogP contribution in [-0.4, -0.2) is 25.2 Å². The van der Waals surface area contributed by atoms with Crippen molar-refractivity contribution in [3.8, 4) is 16.9 Å². The van der Waals surface area contributed by atoms with Gasteiger partial charge in [0.15, 0.2) is 0 Å². The second kappa shape index (κ2) is 7.77. The summed E-state index contributed by atoms with van der Waals surface area (Å²) in [5.41, 5.74) is 2.39. The molecule has 2 heterocycles. The fourth-order valence-electron chi connectivity index (χ4n) is 5.03. The standard InChI is InChI=1S/C23H25ClF2N2O/c24-14-10-18(25)22(19(26)11-14)13-8-16-17-12-27-7-6-21(17)29-23(16)20(9-13)28-15-4-2-1-3-5-15/h8-11,15,17,21,27-28H,1-7,12H2/t17-,21-/m0/s1. The van der Waals surface area contributed by atoms with E-state index in [1.807, 2.05) is 12.1 Å². The molecule has 0 bridgehead atoms. The van der Waals surface area contributed by atoms with Crippen LogP contribution in [0.15, 0.2) is 24.3 Å². The van der Waals surface area contributed by atoms with E-state index < -0.39 is 11.6 Å². The van der Waals surface area contributed by atoms with Crippen LogP contribution in [0.1, 0.15) is 50.0 Å². The molecule has 6 heteroatoms. The number of anilines is 1. The highest BCUT2D eigenvalue weighted by Gasteiger charge is 2.38. The van der Waals surface area contributed by atoms with Gasteiger partial charge in [0.1, 0.15) is 23.5 Å².